The number of halogens is 4. The highest BCUT2D eigenvalue weighted by atomic mass is 127. The van der Waals surface area contributed by atoms with E-state index in [0.717, 1.165) is 3.58 Å². The Kier molecular flexibility index (Phi) is 4.34. The summed E-state index contributed by atoms with van der Waals surface area (Å²) in [6, 6.07) is 5.75. The summed E-state index contributed by atoms with van der Waals surface area (Å²) in [5, 5.41) is 0. The fourth-order valence-electron chi connectivity index (χ4n) is 1.83. The second-order valence-corrected chi connectivity index (χ2v) is 5.18. The molecule has 0 bridgehead atoms. The Balaban J connectivity index is 2.39. The van der Waals surface area contributed by atoms with Gasteiger partial charge in [-0.25, -0.2) is 13.2 Å². The maximum absolute atomic E-state index is 12.9. The van der Waals surface area contributed by atoms with Crippen LogP contribution in [0, 0.1) is 5.82 Å². The van der Waals surface area contributed by atoms with E-state index in [2.05, 4.69) is 6.58 Å². The Bertz CT molecular complexity index is 546. The molecule has 0 radical (unpaired) electrons. The van der Waals surface area contributed by atoms with Crippen molar-refractivity contribution in [1.82, 2.24) is 4.90 Å². The lowest BCUT2D eigenvalue weighted by molar-refractivity contribution is 0.123. The van der Waals surface area contributed by atoms with Crippen molar-refractivity contribution >= 4 is 28.3 Å². The van der Waals surface area contributed by atoms with Crippen molar-refractivity contribution in [1.29, 1.82) is 0 Å². The van der Waals surface area contributed by atoms with Crippen LogP contribution in [0.3, 0.4) is 0 Å². The highest BCUT2D eigenvalue weighted by molar-refractivity contribution is 14.1. The summed E-state index contributed by atoms with van der Waals surface area (Å²) in [7, 11) is 0. The van der Waals surface area contributed by atoms with Crippen LogP contribution in [-0.4, -0.2) is 17.9 Å². The van der Waals surface area contributed by atoms with E-state index in [4.69, 9.17) is 0 Å². The number of allylic oxidation sites excluding steroid dienone is 3. The Hall–Kier alpha value is -1.24. The lowest BCUT2D eigenvalue weighted by Crippen LogP contribution is -2.28. The van der Waals surface area contributed by atoms with Gasteiger partial charge in [-0.1, -0.05) is 6.58 Å². The van der Waals surface area contributed by atoms with Gasteiger partial charge in [-0.3, -0.25) is 0 Å². The Morgan fingerprint density at radius 1 is 1.16 bits per heavy atom. The van der Waals surface area contributed by atoms with E-state index in [1.807, 2.05) is 28.7 Å². The van der Waals surface area contributed by atoms with Gasteiger partial charge in [-0.05, 0) is 64.6 Å². The molecule has 0 amide bonds. The zero-order chi connectivity index (χ0) is 14.0. The van der Waals surface area contributed by atoms with Crippen molar-refractivity contribution in [2.24, 2.45) is 0 Å². The Morgan fingerprint density at radius 3 is 2.37 bits per heavy atom. The summed E-state index contributed by atoms with van der Waals surface area (Å²) < 4.78 is 39.1. The Morgan fingerprint density at radius 2 is 1.79 bits per heavy atom. The van der Waals surface area contributed by atoms with Gasteiger partial charge < -0.3 is 4.90 Å². The highest BCUT2D eigenvalue weighted by Gasteiger charge is 2.22. The SMILES string of the molecule is C=C1C(I)=CC=C(c2ccc(F)cc2)N1CC(F)F. The van der Waals surface area contributed by atoms with Crippen LogP contribution in [0.4, 0.5) is 13.2 Å². The van der Waals surface area contributed by atoms with Gasteiger partial charge in [-0.2, -0.15) is 0 Å². The van der Waals surface area contributed by atoms with Crippen molar-refractivity contribution < 1.29 is 13.2 Å². The molecule has 1 aromatic carbocycles. The minimum Gasteiger partial charge on any atom is -0.335 e. The summed E-state index contributed by atoms with van der Waals surface area (Å²) in [5.41, 5.74) is 1.82. The Labute approximate surface area is 123 Å². The fraction of sp³-hybridized carbons (Fsp3) is 0.143. The van der Waals surface area contributed by atoms with E-state index in [1.165, 1.54) is 17.0 Å². The fourth-order valence-corrected chi connectivity index (χ4v) is 2.30. The first-order chi connectivity index (χ1) is 8.99. The first-order valence-corrected chi connectivity index (χ1v) is 6.65. The minimum atomic E-state index is -2.47. The van der Waals surface area contributed by atoms with Crippen LogP contribution >= 0.6 is 22.6 Å². The van der Waals surface area contributed by atoms with Gasteiger partial charge in [0, 0.05) is 15.0 Å². The van der Waals surface area contributed by atoms with Gasteiger partial charge in [0.1, 0.15) is 5.82 Å². The summed E-state index contributed by atoms with van der Waals surface area (Å²) in [6.45, 7) is 3.40. The third-order valence-electron chi connectivity index (χ3n) is 2.74. The highest BCUT2D eigenvalue weighted by Crippen LogP contribution is 2.33. The molecule has 0 atom stereocenters. The first kappa shape index (κ1) is 14.2. The number of benzene rings is 1. The van der Waals surface area contributed by atoms with E-state index in [-0.39, 0.29) is 5.82 Å². The molecular formula is C14H11F3IN. The van der Waals surface area contributed by atoms with E-state index >= 15 is 0 Å². The molecule has 100 valence electrons. The van der Waals surface area contributed by atoms with Gasteiger partial charge in [0.05, 0.1) is 6.54 Å². The second-order valence-electron chi connectivity index (χ2n) is 4.02. The van der Waals surface area contributed by atoms with Crippen molar-refractivity contribution in [3.8, 4) is 0 Å². The number of hydrogen-bond acceptors (Lipinski definition) is 1. The molecule has 1 aliphatic rings. The second kappa shape index (κ2) is 5.81. The summed E-state index contributed by atoms with van der Waals surface area (Å²) >= 11 is 2.05. The molecule has 0 spiro atoms. The summed E-state index contributed by atoms with van der Waals surface area (Å²) in [4.78, 5) is 1.46. The molecule has 0 aromatic heterocycles. The quantitative estimate of drug-likeness (QED) is 0.698. The zero-order valence-electron chi connectivity index (χ0n) is 9.91. The van der Waals surface area contributed by atoms with Gasteiger partial charge in [-0.15, -0.1) is 0 Å². The molecule has 0 saturated heterocycles. The normalized spacial score (nSPS) is 15.6. The predicted molar refractivity (Wildman–Crippen MR) is 78.3 cm³/mol. The lowest BCUT2D eigenvalue weighted by atomic mass is 10.1. The third kappa shape index (κ3) is 3.20. The van der Waals surface area contributed by atoms with Crippen molar-refractivity contribution in [2.45, 2.75) is 6.43 Å². The molecule has 0 N–H and O–H groups in total. The average molecular weight is 377 g/mol. The standard InChI is InChI=1S/C14H11F3IN/c1-9-12(18)6-7-13(19(9)8-14(16)17)10-2-4-11(15)5-3-10/h2-7,14H,1,8H2. The molecule has 0 fully saturated rings. The average Bonchev–Trinajstić information content (AvgIpc) is 2.36. The van der Waals surface area contributed by atoms with Crippen LogP contribution in [0.15, 0.2) is 52.3 Å². The van der Waals surface area contributed by atoms with E-state index in [0.29, 0.717) is 17.0 Å². The minimum absolute atomic E-state index is 0.357. The van der Waals surface area contributed by atoms with Crippen molar-refractivity contribution in [3.05, 3.63) is 63.7 Å². The number of alkyl halides is 2. The molecule has 0 saturated carbocycles. The molecule has 19 heavy (non-hydrogen) atoms. The zero-order valence-corrected chi connectivity index (χ0v) is 12.1. The monoisotopic (exact) mass is 377 g/mol. The van der Waals surface area contributed by atoms with Gasteiger partial charge in [0.2, 0.25) is 0 Å². The molecule has 2 rings (SSSR count). The molecule has 0 unspecified atom stereocenters. The van der Waals surface area contributed by atoms with Crippen LogP contribution in [0.1, 0.15) is 5.56 Å². The molecular weight excluding hydrogens is 366 g/mol. The number of hydrogen-bond donors (Lipinski definition) is 0. The van der Waals surface area contributed by atoms with Crippen molar-refractivity contribution in [2.75, 3.05) is 6.54 Å². The summed E-state index contributed by atoms with van der Waals surface area (Å²) in [5.74, 6) is -0.357. The largest absolute Gasteiger partial charge is 0.335 e. The molecule has 1 aliphatic heterocycles. The molecule has 1 nitrogen and oxygen atoms in total. The number of rotatable bonds is 3. The van der Waals surface area contributed by atoms with Crippen LogP contribution < -0.4 is 0 Å². The molecule has 0 aliphatic carbocycles. The van der Waals surface area contributed by atoms with Crippen LogP contribution in [0.25, 0.3) is 5.70 Å². The van der Waals surface area contributed by atoms with Gasteiger partial charge in [0.25, 0.3) is 6.43 Å². The van der Waals surface area contributed by atoms with Crippen LogP contribution in [0.2, 0.25) is 0 Å². The molecule has 1 aromatic rings. The van der Waals surface area contributed by atoms with Gasteiger partial charge >= 0.3 is 0 Å². The molecule has 5 heteroatoms. The number of nitrogens with zero attached hydrogens (tertiary/aromatic N) is 1. The van der Waals surface area contributed by atoms with E-state index < -0.39 is 13.0 Å². The first-order valence-electron chi connectivity index (χ1n) is 5.57. The topological polar surface area (TPSA) is 3.24 Å². The predicted octanol–water partition coefficient (Wildman–Crippen LogP) is 4.58. The lowest BCUT2D eigenvalue weighted by Gasteiger charge is -2.31. The summed E-state index contributed by atoms with van der Waals surface area (Å²) in [6.07, 6.45) is 1.08. The maximum Gasteiger partial charge on any atom is 0.256 e. The van der Waals surface area contributed by atoms with Crippen LogP contribution in [-0.2, 0) is 0 Å². The van der Waals surface area contributed by atoms with E-state index in [1.54, 1.807) is 18.2 Å². The molecule has 1 heterocycles. The third-order valence-corrected chi connectivity index (χ3v) is 3.72. The van der Waals surface area contributed by atoms with Gasteiger partial charge in [0.15, 0.2) is 0 Å². The van der Waals surface area contributed by atoms with Crippen molar-refractivity contribution in [3.63, 3.8) is 0 Å². The smallest absolute Gasteiger partial charge is 0.256 e. The van der Waals surface area contributed by atoms with Crippen LogP contribution in [0.5, 0.6) is 0 Å². The maximum atomic E-state index is 12.9. The van der Waals surface area contributed by atoms with E-state index in [9.17, 15) is 13.2 Å².